The van der Waals surface area contributed by atoms with Crippen molar-refractivity contribution in [1.29, 1.82) is 0 Å². The number of alkyl halides is 3. The molecule has 12 heteroatoms. The highest BCUT2D eigenvalue weighted by molar-refractivity contribution is 8.00. The summed E-state index contributed by atoms with van der Waals surface area (Å²) in [7, 11) is 0. The van der Waals surface area contributed by atoms with E-state index >= 15 is 0 Å². The molecular weight excluding hydrogens is 553 g/mol. The molecule has 1 N–H and O–H groups in total. The lowest BCUT2D eigenvalue weighted by molar-refractivity contribution is -0.146. The molecule has 6 nitrogen and oxygen atoms in total. The minimum Gasteiger partial charge on any atom is -0.382 e. The van der Waals surface area contributed by atoms with Gasteiger partial charge in [-0.05, 0) is 36.8 Å². The predicted molar refractivity (Wildman–Crippen MR) is 141 cm³/mol. The molecule has 0 radical (unpaired) electrons. The predicted octanol–water partition coefficient (Wildman–Crippen LogP) is 5.99. The number of benzene rings is 2. The standard InChI is InChI=1S/C28H28F5N3O3S/c1-18(11-20-4-6-21(7-5-20)28(31,32)33)3-10-26-38-13-23(14-39-26)40-19(2)27(37,15-36-17-34-16-35-36)24-9-8-22(29)12-25(24)30/h3-12,16-17,19,23,26,37H,13-15H2,1-2H3/t19-,23?,26?,27-/m1/s1. The second-order valence-electron chi connectivity index (χ2n) is 9.44. The molecule has 1 aliphatic heterocycles. The van der Waals surface area contributed by atoms with Gasteiger partial charge in [-0.1, -0.05) is 42.8 Å². The molecule has 1 aromatic heterocycles. The van der Waals surface area contributed by atoms with Crippen molar-refractivity contribution in [3.8, 4) is 0 Å². The molecule has 1 aliphatic rings. The number of nitrogens with zero attached hydrogens (tertiary/aromatic N) is 3. The Balaban J connectivity index is 1.36. The Morgan fingerprint density at radius 2 is 1.85 bits per heavy atom. The van der Waals surface area contributed by atoms with E-state index in [1.54, 1.807) is 25.2 Å². The van der Waals surface area contributed by atoms with Gasteiger partial charge in [0, 0.05) is 16.9 Å². The van der Waals surface area contributed by atoms with Gasteiger partial charge in [0.2, 0.25) is 0 Å². The normalized spacial score (nSPS) is 20.9. The second-order valence-corrected chi connectivity index (χ2v) is 11.1. The Morgan fingerprint density at radius 1 is 1.15 bits per heavy atom. The van der Waals surface area contributed by atoms with Crippen molar-refractivity contribution < 1.29 is 36.5 Å². The van der Waals surface area contributed by atoms with E-state index in [2.05, 4.69) is 10.1 Å². The first-order valence-electron chi connectivity index (χ1n) is 12.4. The summed E-state index contributed by atoms with van der Waals surface area (Å²) in [5.74, 6) is -1.61. The minimum absolute atomic E-state index is 0.0573. The van der Waals surface area contributed by atoms with Gasteiger partial charge in [0.05, 0.1) is 30.6 Å². The van der Waals surface area contributed by atoms with Crippen molar-refractivity contribution in [2.45, 2.75) is 49.0 Å². The van der Waals surface area contributed by atoms with Crippen molar-refractivity contribution >= 4 is 17.8 Å². The van der Waals surface area contributed by atoms with Crippen LogP contribution in [0.1, 0.15) is 30.5 Å². The molecule has 0 saturated carbocycles. The van der Waals surface area contributed by atoms with Crippen LogP contribution < -0.4 is 0 Å². The summed E-state index contributed by atoms with van der Waals surface area (Å²) < 4.78 is 79.5. The Hall–Kier alpha value is -3.06. The number of thioether (sulfide) groups is 1. The van der Waals surface area contributed by atoms with Crippen LogP contribution in [-0.2, 0) is 27.8 Å². The summed E-state index contributed by atoms with van der Waals surface area (Å²) in [5.41, 5.74) is -1.09. The van der Waals surface area contributed by atoms with Crippen LogP contribution in [0.15, 0.2) is 72.8 Å². The molecule has 4 rings (SSSR count). The van der Waals surface area contributed by atoms with Gasteiger partial charge in [0.15, 0.2) is 6.29 Å². The Bertz CT molecular complexity index is 1320. The minimum atomic E-state index is -4.38. The van der Waals surface area contributed by atoms with Crippen LogP contribution in [0.5, 0.6) is 0 Å². The maximum Gasteiger partial charge on any atom is 0.416 e. The van der Waals surface area contributed by atoms with Crippen molar-refractivity contribution in [2.24, 2.45) is 0 Å². The Kier molecular flexibility index (Phi) is 9.44. The van der Waals surface area contributed by atoms with Crippen LogP contribution in [0.4, 0.5) is 22.0 Å². The van der Waals surface area contributed by atoms with Crippen LogP contribution in [0.2, 0.25) is 0 Å². The zero-order valence-corrected chi connectivity index (χ0v) is 22.5. The molecule has 3 aromatic rings. The van der Waals surface area contributed by atoms with Gasteiger partial charge >= 0.3 is 6.18 Å². The van der Waals surface area contributed by atoms with E-state index in [1.165, 1.54) is 47.3 Å². The van der Waals surface area contributed by atoms with Gasteiger partial charge in [-0.3, -0.25) is 0 Å². The smallest absolute Gasteiger partial charge is 0.382 e. The molecular formula is C28H28F5N3O3S. The van der Waals surface area contributed by atoms with Crippen molar-refractivity contribution in [3.63, 3.8) is 0 Å². The first kappa shape index (κ1) is 29.9. The van der Waals surface area contributed by atoms with E-state index in [1.807, 2.05) is 6.92 Å². The van der Waals surface area contributed by atoms with Gasteiger partial charge in [0.25, 0.3) is 0 Å². The van der Waals surface area contributed by atoms with Crippen LogP contribution in [0.25, 0.3) is 6.08 Å². The summed E-state index contributed by atoms with van der Waals surface area (Å²) in [6.07, 6.45) is 2.89. The second kappa shape index (κ2) is 12.6. The lowest BCUT2D eigenvalue weighted by Gasteiger charge is -2.37. The van der Waals surface area contributed by atoms with E-state index in [0.717, 1.165) is 29.8 Å². The van der Waals surface area contributed by atoms with Crippen molar-refractivity contribution in [3.05, 3.63) is 101 Å². The van der Waals surface area contributed by atoms with E-state index in [-0.39, 0.29) is 30.6 Å². The Morgan fingerprint density at radius 3 is 2.45 bits per heavy atom. The number of aromatic nitrogens is 3. The molecule has 0 bridgehead atoms. The first-order chi connectivity index (χ1) is 18.9. The summed E-state index contributed by atoms with van der Waals surface area (Å²) in [6.45, 7) is 4.02. The molecule has 0 aliphatic carbocycles. The fraction of sp³-hybridized carbons (Fsp3) is 0.357. The van der Waals surface area contributed by atoms with Gasteiger partial charge in [-0.25, -0.2) is 18.4 Å². The summed E-state index contributed by atoms with van der Waals surface area (Å²) >= 11 is 1.35. The quantitative estimate of drug-likeness (QED) is 0.248. The van der Waals surface area contributed by atoms with Crippen LogP contribution in [0, 0.1) is 11.6 Å². The lowest BCUT2D eigenvalue weighted by Crippen LogP contribution is -2.43. The number of rotatable bonds is 9. The third kappa shape index (κ3) is 7.57. The molecule has 2 aromatic carbocycles. The summed E-state index contributed by atoms with van der Waals surface area (Å²) in [4.78, 5) is 3.87. The van der Waals surface area contributed by atoms with Gasteiger partial charge in [-0.15, -0.1) is 11.8 Å². The summed E-state index contributed by atoms with van der Waals surface area (Å²) in [5, 5.41) is 14.9. The van der Waals surface area contributed by atoms with Crippen molar-refractivity contribution in [1.82, 2.24) is 14.8 Å². The maximum atomic E-state index is 14.8. The number of hydrogen-bond acceptors (Lipinski definition) is 6. The molecule has 214 valence electrons. The highest BCUT2D eigenvalue weighted by Crippen LogP contribution is 2.38. The van der Waals surface area contributed by atoms with E-state index in [9.17, 15) is 27.1 Å². The molecule has 40 heavy (non-hydrogen) atoms. The average Bonchev–Trinajstić information content (AvgIpc) is 3.40. The van der Waals surface area contributed by atoms with Crippen LogP contribution in [0.3, 0.4) is 0 Å². The number of halogens is 5. The summed E-state index contributed by atoms with van der Waals surface area (Å²) in [6, 6.07) is 7.93. The van der Waals surface area contributed by atoms with E-state index < -0.39 is 40.5 Å². The first-order valence-corrected chi connectivity index (χ1v) is 13.3. The average molecular weight is 582 g/mol. The molecule has 1 saturated heterocycles. The monoisotopic (exact) mass is 581 g/mol. The van der Waals surface area contributed by atoms with E-state index in [0.29, 0.717) is 5.56 Å². The number of ether oxygens (including phenoxy) is 2. The van der Waals surface area contributed by atoms with Gasteiger partial charge < -0.3 is 14.6 Å². The fourth-order valence-corrected chi connectivity index (χ4v) is 5.55. The van der Waals surface area contributed by atoms with Gasteiger partial charge in [-0.2, -0.15) is 18.3 Å². The van der Waals surface area contributed by atoms with E-state index in [4.69, 9.17) is 9.47 Å². The third-order valence-corrected chi connectivity index (χ3v) is 7.83. The molecule has 2 heterocycles. The zero-order chi connectivity index (χ0) is 28.9. The highest BCUT2D eigenvalue weighted by atomic mass is 32.2. The molecule has 0 amide bonds. The highest BCUT2D eigenvalue weighted by Gasteiger charge is 2.41. The number of hydrogen-bond donors (Lipinski definition) is 1. The van der Waals surface area contributed by atoms with Crippen molar-refractivity contribution in [2.75, 3.05) is 13.2 Å². The Labute approximate surface area is 232 Å². The van der Waals surface area contributed by atoms with Gasteiger partial charge in [0.1, 0.15) is 29.9 Å². The topological polar surface area (TPSA) is 69.4 Å². The number of aliphatic hydroxyl groups is 1. The van der Waals surface area contributed by atoms with Crippen LogP contribution >= 0.6 is 11.8 Å². The number of allylic oxidation sites excluding steroid dienone is 2. The fourth-order valence-electron chi connectivity index (χ4n) is 4.24. The van der Waals surface area contributed by atoms with Crippen LogP contribution in [-0.4, -0.2) is 49.9 Å². The largest absolute Gasteiger partial charge is 0.416 e. The SMILES string of the molecule is CC(C=CC1OCC(S[C@H](C)[C@](O)(Cn2cncn2)c2ccc(F)cc2F)CO1)=Cc1ccc(C(F)(F)F)cc1. The third-order valence-electron chi connectivity index (χ3n) is 6.38. The molecule has 0 spiro atoms. The molecule has 0 unspecified atom stereocenters. The molecule has 2 atom stereocenters. The maximum absolute atomic E-state index is 14.8. The lowest BCUT2D eigenvalue weighted by atomic mass is 9.90. The molecule has 1 fully saturated rings. The zero-order valence-electron chi connectivity index (χ0n) is 21.7.